The monoisotopic (exact) mass is 479 g/mol. The van der Waals surface area contributed by atoms with E-state index in [9.17, 15) is 9.90 Å². The highest BCUT2D eigenvalue weighted by molar-refractivity contribution is 6.22. The van der Waals surface area contributed by atoms with Crippen LogP contribution in [0.15, 0.2) is 78.0 Å². The van der Waals surface area contributed by atoms with Gasteiger partial charge in [-0.25, -0.2) is 9.79 Å². The number of nitrogens with one attached hydrogen (secondary N) is 2. The molecule has 0 amide bonds. The summed E-state index contributed by atoms with van der Waals surface area (Å²) in [5.74, 6) is -0.489. The van der Waals surface area contributed by atoms with Gasteiger partial charge in [0.25, 0.3) is 0 Å². The van der Waals surface area contributed by atoms with E-state index in [0.717, 1.165) is 46.1 Å². The fourth-order valence-corrected chi connectivity index (χ4v) is 4.16. The van der Waals surface area contributed by atoms with Crippen LogP contribution in [0.3, 0.4) is 0 Å². The van der Waals surface area contributed by atoms with Crippen molar-refractivity contribution in [2.24, 2.45) is 4.99 Å². The lowest BCUT2D eigenvalue weighted by Gasteiger charge is -2.10. The Balaban J connectivity index is 1.67. The number of H-pyrrole nitrogens is 1. The van der Waals surface area contributed by atoms with Gasteiger partial charge in [-0.2, -0.15) is 10.2 Å². The zero-order valence-electron chi connectivity index (χ0n) is 19.9. The molecule has 5 rings (SSSR count). The van der Waals surface area contributed by atoms with Crippen molar-refractivity contribution in [2.45, 2.75) is 13.5 Å². The molecule has 0 bridgehead atoms. The number of ether oxygens (including phenoxy) is 1. The standard InChI is InChI=1S/C28H25N5O3/c1-3-29-14-17-4-9-22(10-5-17)32-26(18-6-7-20-15-30-31-16-21(20)12-18)25-23-11-8-19(28(35)36-2)13-24(23)33-27(25)34/h4-13,15-16,29,33-34H,3,14H2,1-2H3. The number of benzene rings is 3. The van der Waals surface area contributed by atoms with Gasteiger partial charge in [-0.15, -0.1) is 0 Å². The van der Waals surface area contributed by atoms with E-state index in [-0.39, 0.29) is 5.88 Å². The van der Waals surface area contributed by atoms with Crippen molar-refractivity contribution in [1.82, 2.24) is 20.5 Å². The average Bonchev–Trinajstić information content (AvgIpc) is 3.25. The molecule has 0 spiro atoms. The predicted octanol–water partition coefficient (Wildman–Crippen LogP) is 4.88. The van der Waals surface area contributed by atoms with Crippen molar-refractivity contribution >= 4 is 39.0 Å². The number of hydrogen-bond donors (Lipinski definition) is 3. The minimum Gasteiger partial charge on any atom is -0.494 e. The van der Waals surface area contributed by atoms with E-state index in [1.54, 1.807) is 30.6 Å². The summed E-state index contributed by atoms with van der Waals surface area (Å²) in [6, 6.07) is 19.0. The van der Waals surface area contributed by atoms with Crippen molar-refractivity contribution in [3.05, 3.63) is 95.3 Å². The Morgan fingerprint density at radius 1 is 1.00 bits per heavy atom. The Hall–Kier alpha value is -4.56. The molecule has 0 saturated carbocycles. The van der Waals surface area contributed by atoms with Gasteiger partial charge < -0.3 is 20.1 Å². The number of esters is 1. The molecule has 3 aromatic carbocycles. The maximum absolute atomic E-state index is 12.0. The molecule has 5 aromatic rings. The van der Waals surface area contributed by atoms with Crippen molar-refractivity contribution in [2.75, 3.05) is 13.7 Å². The number of aliphatic imine (C=N–C) groups is 1. The van der Waals surface area contributed by atoms with Gasteiger partial charge in [0, 0.05) is 33.8 Å². The van der Waals surface area contributed by atoms with Crippen LogP contribution in [0, 0.1) is 0 Å². The first-order valence-corrected chi connectivity index (χ1v) is 11.6. The molecule has 0 saturated heterocycles. The first-order valence-electron chi connectivity index (χ1n) is 11.6. The number of fused-ring (bicyclic) bond motifs is 2. The zero-order chi connectivity index (χ0) is 25.1. The summed E-state index contributed by atoms with van der Waals surface area (Å²) in [6.45, 7) is 3.75. The smallest absolute Gasteiger partial charge is 0.337 e. The van der Waals surface area contributed by atoms with E-state index in [2.05, 4.69) is 27.4 Å². The van der Waals surface area contributed by atoms with Crippen LogP contribution in [-0.4, -0.2) is 45.6 Å². The molecular formula is C28H25N5O3. The molecule has 0 unspecified atom stereocenters. The Labute approximate surface area is 207 Å². The highest BCUT2D eigenvalue weighted by Gasteiger charge is 2.20. The number of rotatable bonds is 7. The molecule has 0 atom stereocenters. The van der Waals surface area contributed by atoms with E-state index in [0.29, 0.717) is 22.4 Å². The van der Waals surface area contributed by atoms with Crippen molar-refractivity contribution in [3.63, 3.8) is 0 Å². The number of aromatic hydroxyl groups is 1. The molecule has 0 fully saturated rings. The second-order valence-corrected chi connectivity index (χ2v) is 8.34. The Kier molecular flexibility index (Phi) is 6.42. The second kappa shape index (κ2) is 9.97. The molecule has 8 nitrogen and oxygen atoms in total. The van der Waals surface area contributed by atoms with E-state index >= 15 is 0 Å². The minimum absolute atomic E-state index is 0.0394. The van der Waals surface area contributed by atoms with Crippen molar-refractivity contribution in [1.29, 1.82) is 0 Å². The topological polar surface area (TPSA) is 112 Å². The number of carbonyl (C=O) groups is 1. The number of nitrogens with zero attached hydrogens (tertiary/aromatic N) is 3. The van der Waals surface area contributed by atoms with Crippen molar-refractivity contribution in [3.8, 4) is 5.88 Å². The second-order valence-electron chi connectivity index (χ2n) is 8.34. The van der Waals surface area contributed by atoms with Crippen molar-refractivity contribution < 1.29 is 14.6 Å². The Morgan fingerprint density at radius 2 is 1.75 bits per heavy atom. The fourth-order valence-electron chi connectivity index (χ4n) is 4.16. The van der Waals surface area contributed by atoms with Crippen LogP contribution in [0.5, 0.6) is 5.88 Å². The molecule has 0 aliphatic carbocycles. The van der Waals surface area contributed by atoms with E-state index in [4.69, 9.17) is 9.73 Å². The van der Waals surface area contributed by atoms with E-state index < -0.39 is 5.97 Å². The highest BCUT2D eigenvalue weighted by atomic mass is 16.5. The molecule has 8 heteroatoms. The van der Waals surface area contributed by atoms with Crippen LogP contribution < -0.4 is 5.32 Å². The summed E-state index contributed by atoms with van der Waals surface area (Å²) in [6.07, 6.45) is 3.40. The lowest BCUT2D eigenvalue weighted by Crippen LogP contribution is -2.11. The van der Waals surface area contributed by atoms with E-state index in [1.807, 2.05) is 42.5 Å². The van der Waals surface area contributed by atoms with Gasteiger partial charge in [-0.3, -0.25) is 0 Å². The molecule has 180 valence electrons. The number of aromatic nitrogens is 3. The van der Waals surface area contributed by atoms with Crippen LogP contribution in [0.4, 0.5) is 5.69 Å². The molecule has 3 N–H and O–H groups in total. The van der Waals surface area contributed by atoms with Crippen LogP contribution in [0.1, 0.15) is 34.0 Å². The molecule has 2 aromatic heterocycles. The third-order valence-electron chi connectivity index (χ3n) is 6.01. The van der Waals surface area contributed by atoms with Gasteiger partial charge in [0.1, 0.15) is 0 Å². The SMILES string of the molecule is CCNCc1ccc(N=C(c2ccc3cnncc3c2)c2c(O)[nH]c3cc(C(=O)OC)ccc23)cc1. The number of hydrogen-bond acceptors (Lipinski definition) is 7. The van der Waals surface area contributed by atoms with Crippen LogP contribution >= 0.6 is 0 Å². The van der Waals surface area contributed by atoms with Gasteiger partial charge in [0.2, 0.25) is 0 Å². The van der Waals surface area contributed by atoms with Crippen LogP contribution in [0.25, 0.3) is 21.7 Å². The molecular weight excluding hydrogens is 454 g/mol. The quantitative estimate of drug-likeness (QED) is 0.227. The summed E-state index contributed by atoms with van der Waals surface area (Å²) in [5.41, 5.74) is 4.83. The number of carbonyl (C=O) groups excluding carboxylic acids is 1. The van der Waals surface area contributed by atoms with Crippen LogP contribution in [0.2, 0.25) is 0 Å². The Bertz CT molecular complexity index is 1590. The molecule has 2 heterocycles. The molecule has 36 heavy (non-hydrogen) atoms. The fraction of sp³-hybridized carbons (Fsp3) is 0.143. The summed E-state index contributed by atoms with van der Waals surface area (Å²) in [5, 5.41) is 24.9. The van der Waals surface area contributed by atoms with Gasteiger partial charge in [0.15, 0.2) is 5.88 Å². The lowest BCUT2D eigenvalue weighted by molar-refractivity contribution is 0.0601. The summed E-state index contributed by atoms with van der Waals surface area (Å²) >= 11 is 0. The largest absolute Gasteiger partial charge is 0.494 e. The molecule has 0 radical (unpaired) electrons. The lowest BCUT2D eigenvalue weighted by atomic mass is 9.98. The summed E-state index contributed by atoms with van der Waals surface area (Å²) in [4.78, 5) is 20.0. The predicted molar refractivity (Wildman–Crippen MR) is 140 cm³/mol. The van der Waals surface area contributed by atoms with Gasteiger partial charge in [-0.1, -0.05) is 37.3 Å². The molecule has 0 aliphatic heterocycles. The maximum atomic E-state index is 12.0. The minimum atomic E-state index is -0.449. The van der Waals surface area contributed by atoms with Gasteiger partial charge in [0.05, 0.1) is 42.0 Å². The third kappa shape index (κ3) is 4.54. The number of aromatic amines is 1. The van der Waals surface area contributed by atoms with Crippen LogP contribution in [-0.2, 0) is 11.3 Å². The Morgan fingerprint density at radius 3 is 2.50 bits per heavy atom. The maximum Gasteiger partial charge on any atom is 0.337 e. The third-order valence-corrected chi connectivity index (χ3v) is 6.01. The first-order chi connectivity index (χ1) is 17.6. The van der Waals surface area contributed by atoms with E-state index in [1.165, 1.54) is 7.11 Å². The summed E-state index contributed by atoms with van der Waals surface area (Å²) in [7, 11) is 1.34. The normalized spacial score (nSPS) is 11.8. The van der Waals surface area contributed by atoms with Gasteiger partial charge >= 0.3 is 5.97 Å². The average molecular weight is 480 g/mol. The van der Waals surface area contributed by atoms with Gasteiger partial charge in [-0.05, 0) is 42.4 Å². The zero-order valence-corrected chi connectivity index (χ0v) is 19.9. The molecule has 0 aliphatic rings. The first kappa shape index (κ1) is 23.2. The summed E-state index contributed by atoms with van der Waals surface area (Å²) < 4.78 is 4.84. The number of methoxy groups -OCH3 is 1. The highest BCUT2D eigenvalue weighted by Crippen LogP contribution is 2.33.